The third-order valence-electron chi connectivity index (χ3n) is 2.96. The van der Waals surface area contributed by atoms with E-state index in [2.05, 4.69) is 11.9 Å². The summed E-state index contributed by atoms with van der Waals surface area (Å²) in [6.45, 7) is 2.17. The standard InChI is InChI=1S/C15H18N2OS/c1-2-3-5-10-12-13(11-8-6-4-7-9-11)19-15(17-12)14(16)18/h4,6-9H,2-3,5,10H2,1H3,(H2,16,18). The molecule has 0 unspecified atom stereocenters. The number of rotatable bonds is 6. The van der Waals surface area contributed by atoms with Gasteiger partial charge in [0.05, 0.1) is 10.6 Å². The minimum Gasteiger partial charge on any atom is -0.364 e. The Bertz CT molecular complexity index is 549. The van der Waals surface area contributed by atoms with Crippen LogP contribution in [0.15, 0.2) is 30.3 Å². The molecular formula is C15H18N2OS. The van der Waals surface area contributed by atoms with Gasteiger partial charge in [0.25, 0.3) is 5.91 Å². The first-order valence-electron chi connectivity index (χ1n) is 6.57. The molecule has 0 saturated heterocycles. The third kappa shape index (κ3) is 3.41. The Hall–Kier alpha value is -1.68. The van der Waals surface area contributed by atoms with E-state index in [-0.39, 0.29) is 0 Å². The zero-order valence-corrected chi connectivity index (χ0v) is 11.9. The molecule has 3 nitrogen and oxygen atoms in total. The molecule has 0 radical (unpaired) electrons. The molecule has 0 aliphatic heterocycles. The van der Waals surface area contributed by atoms with Gasteiger partial charge < -0.3 is 5.73 Å². The maximum absolute atomic E-state index is 11.3. The lowest BCUT2D eigenvalue weighted by Gasteiger charge is -2.01. The van der Waals surface area contributed by atoms with Crippen LogP contribution in [0, 0.1) is 0 Å². The molecule has 2 aromatic rings. The van der Waals surface area contributed by atoms with Crippen LogP contribution >= 0.6 is 11.3 Å². The molecule has 0 spiro atoms. The van der Waals surface area contributed by atoms with E-state index in [9.17, 15) is 4.79 Å². The topological polar surface area (TPSA) is 56.0 Å². The van der Waals surface area contributed by atoms with Crippen LogP contribution in [0.3, 0.4) is 0 Å². The average Bonchev–Trinajstić information content (AvgIpc) is 2.84. The molecule has 1 aromatic carbocycles. The number of primary amides is 1. The highest BCUT2D eigenvalue weighted by molar-refractivity contribution is 7.17. The number of thiazole rings is 1. The second-order valence-corrected chi connectivity index (χ2v) is 5.48. The van der Waals surface area contributed by atoms with Crippen LogP contribution in [0.1, 0.15) is 41.7 Å². The fourth-order valence-electron chi connectivity index (χ4n) is 1.98. The number of aryl methyl sites for hydroxylation is 1. The molecule has 2 N–H and O–H groups in total. The largest absolute Gasteiger partial charge is 0.364 e. The minimum absolute atomic E-state index is 0.408. The Morgan fingerprint density at radius 1 is 1.26 bits per heavy atom. The lowest BCUT2D eigenvalue weighted by molar-refractivity contribution is 0.0999. The number of amides is 1. The second-order valence-electron chi connectivity index (χ2n) is 4.48. The molecule has 1 heterocycles. The molecule has 0 atom stereocenters. The number of nitrogens with two attached hydrogens (primary N) is 1. The number of aromatic nitrogens is 1. The summed E-state index contributed by atoms with van der Waals surface area (Å²) in [4.78, 5) is 16.8. The van der Waals surface area contributed by atoms with E-state index >= 15 is 0 Å². The highest BCUT2D eigenvalue weighted by Gasteiger charge is 2.15. The number of hydrogen-bond acceptors (Lipinski definition) is 3. The first kappa shape index (κ1) is 13.7. The van der Waals surface area contributed by atoms with Crippen LogP contribution in [0.4, 0.5) is 0 Å². The van der Waals surface area contributed by atoms with Crippen molar-refractivity contribution in [2.45, 2.75) is 32.6 Å². The van der Waals surface area contributed by atoms with E-state index < -0.39 is 5.91 Å². The van der Waals surface area contributed by atoms with Gasteiger partial charge in [-0.05, 0) is 18.4 Å². The summed E-state index contributed by atoms with van der Waals surface area (Å²) in [5.41, 5.74) is 7.45. The summed E-state index contributed by atoms with van der Waals surface area (Å²) in [7, 11) is 0. The van der Waals surface area contributed by atoms with Crippen LogP contribution in [0.5, 0.6) is 0 Å². The van der Waals surface area contributed by atoms with E-state index in [1.54, 1.807) is 0 Å². The van der Waals surface area contributed by atoms with Gasteiger partial charge >= 0.3 is 0 Å². The van der Waals surface area contributed by atoms with Crippen LogP contribution < -0.4 is 5.73 Å². The molecule has 1 amide bonds. The summed E-state index contributed by atoms with van der Waals surface area (Å²) in [6, 6.07) is 10.1. The summed E-state index contributed by atoms with van der Waals surface area (Å²) in [5.74, 6) is -0.441. The van der Waals surface area contributed by atoms with Crippen molar-refractivity contribution in [3.8, 4) is 10.4 Å². The summed E-state index contributed by atoms with van der Waals surface area (Å²) in [5, 5.41) is 0.408. The van der Waals surface area contributed by atoms with Crippen molar-refractivity contribution < 1.29 is 4.79 Å². The van der Waals surface area contributed by atoms with Gasteiger partial charge in [0.15, 0.2) is 5.01 Å². The normalized spacial score (nSPS) is 10.6. The zero-order valence-electron chi connectivity index (χ0n) is 11.1. The number of carbonyl (C=O) groups excluding carboxylic acids is 1. The van der Waals surface area contributed by atoms with Crippen LogP contribution in [-0.2, 0) is 6.42 Å². The van der Waals surface area contributed by atoms with E-state index in [0.29, 0.717) is 5.01 Å². The lowest BCUT2D eigenvalue weighted by Crippen LogP contribution is -2.10. The van der Waals surface area contributed by atoms with Crippen molar-refractivity contribution in [3.05, 3.63) is 41.0 Å². The van der Waals surface area contributed by atoms with Crippen molar-refractivity contribution >= 4 is 17.2 Å². The Morgan fingerprint density at radius 3 is 2.63 bits per heavy atom. The van der Waals surface area contributed by atoms with Gasteiger partial charge in [-0.15, -0.1) is 11.3 Å². The predicted molar refractivity (Wildman–Crippen MR) is 79.3 cm³/mol. The lowest BCUT2D eigenvalue weighted by atomic mass is 10.1. The molecular weight excluding hydrogens is 256 g/mol. The van der Waals surface area contributed by atoms with Gasteiger partial charge in [-0.25, -0.2) is 4.98 Å². The number of benzene rings is 1. The molecule has 1 aromatic heterocycles. The molecule has 0 bridgehead atoms. The molecule has 100 valence electrons. The molecule has 0 fully saturated rings. The first-order chi connectivity index (χ1) is 9.22. The molecule has 0 aliphatic carbocycles. The summed E-state index contributed by atoms with van der Waals surface area (Å²) in [6.07, 6.45) is 4.35. The van der Waals surface area contributed by atoms with Crippen LogP contribution in [0.2, 0.25) is 0 Å². The van der Waals surface area contributed by atoms with Gasteiger partial charge in [-0.3, -0.25) is 4.79 Å². The van der Waals surface area contributed by atoms with Crippen molar-refractivity contribution in [2.24, 2.45) is 5.73 Å². The minimum atomic E-state index is -0.441. The van der Waals surface area contributed by atoms with Crippen molar-refractivity contribution in [2.75, 3.05) is 0 Å². The van der Waals surface area contributed by atoms with Gasteiger partial charge in [0.1, 0.15) is 0 Å². The Kier molecular flexibility index (Phi) is 4.68. The highest BCUT2D eigenvalue weighted by Crippen LogP contribution is 2.31. The molecule has 2 rings (SSSR count). The maximum atomic E-state index is 11.3. The molecule has 0 saturated carbocycles. The average molecular weight is 274 g/mol. The Balaban J connectivity index is 2.32. The number of nitrogens with zero attached hydrogens (tertiary/aromatic N) is 1. The van der Waals surface area contributed by atoms with Gasteiger partial charge in [-0.2, -0.15) is 0 Å². The van der Waals surface area contributed by atoms with Crippen LogP contribution in [0.25, 0.3) is 10.4 Å². The quantitative estimate of drug-likeness (QED) is 0.818. The fourth-order valence-corrected chi connectivity index (χ4v) is 2.95. The SMILES string of the molecule is CCCCCc1nc(C(N)=O)sc1-c1ccccc1. The predicted octanol–water partition coefficient (Wildman–Crippen LogP) is 3.64. The smallest absolute Gasteiger partial charge is 0.277 e. The van der Waals surface area contributed by atoms with E-state index in [1.807, 2.05) is 30.3 Å². The van der Waals surface area contributed by atoms with Gasteiger partial charge in [-0.1, -0.05) is 50.1 Å². The summed E-state index contributed by atoms with van der Waals surface area (Å²) >= 11 is 1.39. The van der Waals surface area contributed by atoms with Crippen molar-refractivity contribution in [3.63, 3.8) is 0 Å². The van der Waals surface area contributed by atoms with E-state index in [1.165, 1.54) is 24.2 Å². The van der Waals surface area contributed by atoms with Crippen molar-refractivity contribution in [1.29, 1.82) is 0 Å². The Morgan fingerprint density at radius 2 is 2.00 bits per heavy atom. The number of unbranched alkanes of at least 4 members (excludes halogenated alkanes) is 2. The molecule has 4 heteroatoms. The first-order valence-corrected chi connectivity index (χ1v) is 7.39. The Labute approximate surface area is 117 Å². The fraction of sp³-hybridized carbons (Fsp3) is 0.333. The van der Waals surface area contributed by atoms with E-state index in [4.69, 9.17) is 5.73 Å². The third-order valence-corrected chi connectivity index (χ3v) is 4.12. The second kappa shape index (κ2) is 6.48. The van der Waals surface area contributed by atoms with Gasteiger partial charge in [0, 0.05) is 0 Å². The highest BCUT2D eigenvalue weighted by atomic mass is 32.1. The van der Waals surface area contributed by atoms with Crippen molar-refractivity contribution in [1.82, 2.24) is 4.98 Å². The maximum Gasteiger partial charge on any atom is 0.277 e. The van der Waals surface area contributed by atoms with Crippen LogP contribution in [-0.4, -0.2) is 10.9 Å². The monoisotopic (exact) mass is 274 g/mol. The molecule has 19 heavy (non-hydrogen) atoms. The number of hydrogen-bond donors (Lipinski definition) is 1. The molecule has 0 aliphatic rings. The van der Waals surface area contributed by atoms with Gasteiger partial charge in [0.2, 0.25) is 0 Å². The number of carbonyl (C=O) groups is 1. The van der Waals surface area contributed by atoms with E-state index in [0.717, 1.165) is 29.0 Å². The zero-order chi connectivity index (χ0) is 13.7. The summed E-state index contributed by atoms with van der Waals surface area (Å²) < 4.78 is 0.